The number of halogens is 2. The largest absolute Gasteiger partial charge is 0.482 e. The zero-order valence-electron chi connectivity index (χ0n) is 14.8. The molecule has 29 heavy (non-hydrogen) atoms. The van der Waals surface area contributed by atoms with Crippen molar-refractivity contribution in [1.82, 2.24) is 5.43 Å². The molecule has 0 atom stereocenters. The van der Waals surface area contributed by atoms with E-state index in [1.54, 1.807) is 42.5 Å². The second-order valence-corrected chi connectivity index (χ2v) is 6.44. The van der Waals surface area contributed by atoms with Crippen LogP contribution in [0.1, 0.15) is 16.1 Å². The van der Waals surface area contributed by atoms with Gasteiger partial charge >= 0.3 is 5.97 Å². The topological polar surface area (TPSA) is 90.1 Å². The summed E-state index contributed by atoms with van der Waals surface area (Å²) in [5.74, 6) is -0.358. The average Bonchev–Trinajstić information content (AvgIpc) is 3.23. The van der Waals surface area contributed by atoms with Crippen molar-refractivity contribution in [3.8, 4) is 11.5 Å². The molecule has 0 spiro atoms. The third-order valence-corrected chi connectivity index (χ3v) is 3.98. The Kier molecular flexibility index (Phi) is 6.89. The Morgan fingerprint density at radius 1 is 1.10 bits per heavy atom. The number of ether oxygens (including phenoxy) is 2. The van der Waals surface area contributed by atoms with Crippen LogP contribution in [0.3, 0.4) is 0 Å². The predicted octanol–water partition coefficient (Wildman–Crippen LogP) is 4.33. The van der Waals surface area contributed by atoms with Crippen molar-refractivity contribution in [3.63, 3.8) is 0 Å². The summed E-state index contributed by atoms with van der Waals surface area (Å²) in [5.41, 5.74) is 2.94. The summed E-state index contributed by atoms with van der Waals surface area (Å²) in [6.07, 6.45) is 2.78. The minimum Gasteiger partial charge on any atom is -0.482 e. The first-order valence-corrected chi connectivity index (χ1v) is 9.02. The number of nitrogens with one attached hydrogen (secondary N) is 1. The third kappa shape index (κ3) is 6.10. The molecule has 0 radical (unpaired) electrons. The van der Waals surface area contributed by atoms with Gasteiger partial charge in [0.25, 0.3) is 5.91 Å². The Balaban J connectivity index is 1.50. The van der Waals surface area contributed by atoms with Crippen LogP contribution in [0.4, 0.5) is 0 Å². The van der Waals surface area contributed by atoms with Crippen molar-refractivity contribution in [2.45, 2.75) is 0 Å². The number of carbonyl (C=O) groups excluding carboxylic acids is 2. The van der Waals surface area contributed by atoms with E-state index in [-0.39, 0.29) is 12.4 Å². The molecule has 1 N–H and O–H groups in total. The normalized spacial score (nSPS) is 10.7. The van der Waals surface area contributed by atoms with E-state index in [9.17, 15) is 9.59 Å². The number of hydrogen-bond donors (Lipinski definition) is 1. The van der Waals surface area contributed by atoms with Gasteiger partial charge in [-0.2, -0.15) is 5.10 Å². The van der Waals surface area contributed by atoms with Crippen molar-refractivity contribution >= 4 is 41.3 Å². The number of hydrazone groups is 1. The maximum Gasteiger partial charge on any atom is 0.379 e. The Bertz CT molecular complexity index is 1040. The van der Waals surface area contributed by atoms with Gasteiger partial charge in [-0.3, -0.25) is 4.79 Å². The molecule has 0 aliphatic heterocycles. The van der Waals surface area contributed by atoms with Gasteiger partial charge in [0.1, 0.15) is 11.5 Å². The lowest BCUT2D eigenvalue weighted by molar-refractivity contribution is -0.123. The van der Waals surface area contributed by atoms with Crippen LogP contribution in [0, 0.1) is 0 Å². The zero-order valence-corrected chi connectivity index (χ0v) is 16.3. The molecule has 0 bridgehead atoms. The molecule has 0 aliphatic rings. The summed E-state index contributed by atoms with van der Waals surface area (Å²) in [6, 6.07) is 14.4. The van der Waals surface area contributed by atoms with Gasteiger partial charge in [-0.05, 0) is 48.0 Å². The van der Waals surface area contributed by atoms with Gasteiger partial charge in [-0.15, -0.1) is 0 Å². The molecule has 0 unspecified atom stereocenters. The van der Waals surface area contributed by atoms with Crippen LogP contribution in [0.15, 0.2) is 70.4 Å². The summed E-state index contributed by atoms with van der Waals surface area (Å²) in [4.78, 5) is 23.7. The lowest BCUT2D eigenvalue weighted by Gasteiger charge is -2.07. The van der Waals surface area contributed by atoms with Crippen LogP contribution in [-0.4, -0.2) is 24.7 Å². The monoisotopic (exact) mass is 432 g/mol. The quantitative estimate of drug-likeness (QED) is 0.259. The van der Waals surface area contributed by atoms with Crippen LogP contribution in [0.2, 0.25) is 10.0 Å². The molecule has 7 nitrogen and oxygen atoms in total. The van der Waals surface area contributed by atoms with Crippen LogP contribution < -0.4 is 14.9 Å². The number of hydrogen-bond acceptors (Lipinski definition) is 6. The average molecular weight is 433 g/mol. The molecule has 1 amide bonds. The minimum atomic E-state index is -0.615. The number of nitrogens with zero attached hydrogens (tertiary/aromatic N) is 1. The molecule has 9 heteroatoms. The van der Waals surface area contributed by atoms with Crippen LogP contribution >= 0.6 is 23.2 Å². The molecule has 0 saturated heterocycles. The van der Waals surface area contributed by atoms with Crippen molar-refractivity contribution in [3.05, 3.63) is 82.2 Å². The highest BCUT2D eigenvalue weighted by Crippen LogP contribution is 2.27. The number of benzene rings is 2. The summed E-state index contributed by atoms with van der Waals surface area (Å²) in [6.45, 7) is -0.278. The smallest absolute Gasteiger partial charge is 0.379 e. The van der Waals surface area contributed by atoms with Gasteiger partial charge in [-0.25, -0.2) is 10.2 Å². The highest BCUT2D eigenvalue weighted by atomic mass is 35.5. The molecule has 148 valence electrons. The predicted molar refractivity (Wildman–Crippen MR) is 108 cm³/mol. The Hall–Kier alpha value is -3.29. The first-order chi connectivity index (χ1) is 14.0. The van der Waals surface area contributed by atoms with E-state index in [0.717, 1.165) is 0 Å². The highest BCUT2D eigenvalue weighted by Gasteiger charge is 2.11. The molecule has 1 aromatic heterocycles. The fourth-order valence-corrected chi connectivity index (χ4v) is 2.62. The van der Waals surface area contributed by atoms with E-state index in [2.05, 4.69) is 10.5 Å². The molecule has 1 heterocycles. The molecule has 3 rings (SSSR count). The van der Waals surface area contributed by atoms with Crippen molar-refractivity contribution in [1.29, 1.82) is 0 Å². The summed E-state index contributed by atoms with van der Waals surface area (Å²) < 4.78 is 15.5. The van der Waals surface area contributed by atoms with Gasteiger partial charge in [-0.1, -0.05) is 35.3 Å². The molecule has 2 aromatic carbocycles. The third-order valence-electron chi connectivity index (χ3n) is 3.45. The summed E-state index contributed by atoms with van der Waals surface area (Å²) in [5, 5.41) is 4.61. The highest BCUT2D eigenvalue weighted by molar-refractivity contribution is 6.35. The molecule has 0 fully saturated rings. The number of rotatable bonds is 7. The molecular weight excluding hydrogens is 419 g/mol. The van der Waals surface area contributed by atoms with Crippen LogP contribution in [0.5, 0.6) is 11.5 Å². The van der Waals surface area contributed by atoms with Gasteiger partial charge in [0.05, 0.1) is 17.5 Å². The van der Waals surface area contributed by atoms with Crippen molar-refractivity contribution < 1.29 is 23.5 Å². The molecular formula is C20H14Cl2N2O5. The Morgan fingerprint density at radius 3 is 2.72 bits per heavy atom. The number of esters is 1. The Morgan fingerprint density at radius 2 is 1.97 bits per heavy atom. The summed E-state index contributed by atoms with van der Waals surface area (Å²) in [7, 11) is 0. The SMILES string of the molecule is O=C(COc1ccc(Cl)cc1Cl)NN=Cc1cccc(OC(=O)c2ccco2)c1. The maximum absolute atomic E-state index is 11.9. The number of furan rings is 1. The number of amides is 1. The van der Waals surface area contributed by atoms with Gasteiger partial charge in [0.2, 0.25) is 5.76 Å². The zero-order chi connectivity index (χ0) is 20.6. The van der Waals surface area contributed by atoms with Gasteiger partial charge < -0.3 is 13.9 Å². The molecule has 0 saturated carbocycles. The van der Waals surface area contributed by atoms with E-state index in [0.29, 0.717) is 27.1 Å². The lowest BCUT2D eigenvalue weighted by Crippen LogP contribution is -2.24. The van der Waals surface area contributed by atoms with Crippen LogP contribution in [-0.2, 0) is 4.79 Å². The number of carbonyl (C=O) groups is 2. The maximum atomic E-state index is 11.9. The second kappa shape index (κ2) is 9.77. The van der Waals surface area contributed by atoms with Gasteiger partial charge in [0.15, 0.2) is 6.61 Å². The summed E-state index contributed by atoms with van der Waals surface area (Å²) >= 11 is 11.8. The van der Waals surface area contributed by atoms with E-state index >= 15 is 0 Å². The van der Waals surface area contributed by atoms with E-state index in [1.165, 1.54) is 24.6 Å². The first kappa shape index (κ1) is 20.4. The molecule has 0 aliphatic carbocycles. The fourth-order valence-electron chi connectivity index (χ4n) is 2.16. The Labute approximate surface area is 175 Å². The standard InChI is InChI=1S/C20H14Cl2N2O5/c21-14-6-7-17(16(22)10-14)28-12-19(25)24-23-11-13-3-1-4-15(9-13)29-20(26)18-5-2-8-27-18/h1-11H,12H2,(H,24,25). The first-order valence-electron chi connectivity index (χ1n) is 8.27. The fraction of sp³-hybridized carbons (Fsp3) is 0.0500. The van der Waals surface area contributed by atoms with E-state index in [4.69, 9.17) is 37.1 Å². The van der Waals surface area contributed by atoms with Gasteiger partial charge in [0, 0.05) is 5.02 Å². The minimum absolute atomic E-state index is 0.0946. The van der Waals surface area contributed by atoms with Crippen LogP contribution in [0.25, 0.3) is 0 Å². The van der Waals surface area contributed by atoms with Crippen molar-refractivity contribution in [2.24, 2.45) is 5.10 Å². The van der Waals surface area contributed by atoms with E-state index in [1.807, 2.05) is 0 Å². The van der Waals surface area contributed by atoms with Crippen molar-refractivity contribution in [2.75, 3.05) is 6.61 Å². The molecule has 3 aromatic rings. The van der Waals surface area contributed by atoms with E-state index < -0.39 is 11.9 Å². The lowest BCUT2D eigenvalue weighted by atomic mass is 10.2. The second-order valence-electron chi connectivity index (χ2n) is 5.60.